The molecular formula is C11H13Br. The standard InChI is InChI=1S/C11H13Br/c1-8(9-5-6-9)10-3-2-4-11(12)7-10/h2-4,7-9H,5-6H2,1H3. The lowest BCUT2D eigenvalue weighted by molar-refractivity contribution is 0.664. The molecule has 0 nitrogen and oxygen atoms in total. The van der Waals surface area contributed by atoms with Gasteiger partial charge < -0.3 is 0 Å². The maximum atomic E-state index is 3.50. The van der Waals surface area contributed by atoms with E-state index in [4.69, 9.17) is 0 Å². The van der Waals surface area contributed by atoms with Crippen LogP contribution in [0.2, 0.25) is 0 Å². The second-order valence-corrected chi connectivity index (χ2v) is 4.60. The Labute approximate surface area is 82.1 Å². The molecule has 1 aliphatic carbocycles. The number of hydrogen-bond acceptors (Lipinski definition) is 0. The van der Waals surface area contributed by atoms with Gasteiger partial charge in [0.1, 0.15) is 0 Å². The molecule has 1 saturated carbocycles. The van der Waals surface area contributed by atoms with Gasteiger partial charge in [-0.1, -0.05) is 35.0 Å². The first-order valence-electron chi connectivity index (χ1n) is 4.53. The van der Waals surface area contributed by atoms with E-state index in [-0.39, 0.29) is 0 Å². The summed E-state index contributed by atoms with van der Waals surface area (Å²) in [6.45, 7) is 2.33. The van der Waals surface area contributed by atoms with Crippen molar-refractivity contribution in [2.45, 2.75) is 25.7 Å². The normalized spacial score (nSPS) is 19.2. The first-order valence-corrected chi connectivity index (χ1v) is 5.32. The van der Waals surface area contributed by atoms with Crippen molar-refractivity contribution < 1.29 is 0 Å². The van der Waals surface area contributed by atoms with Gasteiger partial charge >= 0.3 is 0 Å². The van der Waals surface area contributed by atoms with Gasteiger partial charge in [0, 0.05) is 4.47 Å². The Morgan fingerprint density at radius 3 is 2.75 bits per heavy atom. The monoisotopic (exact) mass is 224 g/mol. The lowest BCUT2D eigenvalue weighted by Crippen LogP contribution is -1.94. The van der Waals surface area contributed by atoms with Gasteiger partial charge in [0.2, 0.25) is 0 Å². The Hall–Kier alpha value is -0.300. The van der Waals surface area contributed by atoms with Gasteiger partial charge in [-0.25, -0.2) is 0 Å². The molecule has 0 heterocycles. The van der Waals surface area contributed by atoms with Crippen molar-refractivity contribution in [2.75, 3.05) is 0 Å². The molecule has 64 valence electrons. The van der Waals surface area contributed by atoms with Crippen LogP contribution in [0.5, 0.6) is 0 Å². The molecule has 1 aliphatic rings. The summed E-state index contributed by atoms with van der Waals surface area (Å²) in [6, 6.07) is 8.68. The number of hydrogen-bond donors (Lipinski definition) is 0. The van der Waals surface area contributed by atoms with Gasteiger partial charge in [0.15, 0.2) is 0 Å². The summed E-state index contributed by atoms with van der Waals surface area (Å²) in [7, 11) is 0. The average Bonchev–Trinajstić information content (AvgIpc) is 2.85. The quantitative estimate of drug-likeness (QED) is 0.714. The topological polar surface area (TPSA) is 0 Å². The number of halogens is 1. The lowest BCUT2D eigenvalue weighted by Gasteiger charge is -2.09. The van der Waals surface area contributed by atoms with Gasteiger partial charge in [0.05, 0.1) is 0 Å². The van der Waals surface area contributed by atoms with Crippen LogP contribution in [-0.2, 0) is 0 Å². The molecular weight excluding hydrogens is 212 g/mol. The molecule has 0 bridgehead atoms. The lowest BCUT2D eigenvalue weighted by atomic mass is 9.97. The predicted molar refractivity (Wildman–Crippen MR) is 55.3 cm³/mol. The Morgan fingerprint density at radius 1 is 1.42 bits per heavy atom. The Kier molecular flexibility index (Phi) is 2.22. The van der Waals surface area contributed by atoms with Crippen molar-refractivity contribution in [1.29, 1.82) is 0 Å². The highest BCUT2D eigenvalue weighted by Crippen LogP contribution is 2.42. The van der Waals surface area contributed by atoms with E-state index in [1.54, 1.807) is 0 Å². The van der Waals surface area contributed by atoms with Crippen molar-refractivity contribution in [2.24, 2.45) is 5.92 Å². The highest BCUT2D eigenvalue weighted by atomic mass is 79.9. The van der Waals surface area contributed by atoms with Crippen LogP contribution in [0.15, 0.2) is 28.7 Å². The summed E-state index contributed by atoms with van der Waals surface area (Å²) in [5, 5.41) is 0. The molecule has 12 heavy (non-hydrogen) atoms. The van der Waals surface area contributed by atoms with Crippen LogP contribution in [0, 0.1) is 5.92 Å². The molecule has 1 atom stereocenters. The van der Waals surface area contributed by atoms with E-state index in [0.717, 1.165) is 11.8 Å². The van der Waals surface area contributed by atoms with E-state index < -0.39 is 0 Å². The molecule has 2 rings (SSSR count). The minimum absolute atomic E-state index is 0.752. The highest BCUT2D eigenvalue weighted by molar-refractivity contribution is 9.10. The fourth-order valence-electron chi connectivity index (χ4n) is 1.66. The van der Waals surface area contributed by atoms with Gasteiger partial charge in [0.25, 0.3) is 0 Å². The van der Waals surface area contributed by atoms with Crippen molar-refractivity contribution in [3.8, 4) is 0 Å². The molecule has 0 aromatic heterocycles. The zero-order valence-corrected chi connectivity index (χ0v) is 8.84. The molecule has 1 fully saturated rings. The average molecular weight is 225 g/mol. The van der Waals surface area contributed by atoms with Crippen LogP contribution >= 0.6 is 15.9 Å². The van der Waals surface area contributed by atoms with Crippen LogP contribution in [0.4, 0.5) is 0 Å². The molecule has 0 saturated heterocycles. The largest absolute Gasteiger partial charge is 0.0609 e. The third kappa shape index (κ3) is 1.71. The number of rotatable bonds is 2. The Bertz CT molecular complexity index is 276. The molecule has 1 aromatic carbocycles. The maximum Gasteiger partial charge on any atom is 0.0178 e. The molecule has 1 unspecified atom stereocenters. The van der Waals surface area contributed by atoms with Crippen LogP contribution in [-0.4, -0.2) is 0 Å². The van der Waals surface area contributed by atoms with Crippen molar-refractivity contribution in [1.82, 2.24) is 0 Å². The second kappa shape index (κ2) is 3.21. The highest BCUT2D eigenvalue weighted by Gasteiger charge is 2.28. The van der Waals surface area contributed by atoms with Crippen LogP contribution < -0.4 is 0 Å². The molecule has 0 aliphatic heterocycles. The fourth-order valence-corrected chi connectivity index (χ4v) is 2.08. The third-order valence-electron chi connectivity index (χ3n) is 2.70. The van der Waals surface area contributed by atoms with E-state index in [1.165, 1.54) is 22.9 Å². The maximum absolute atomic E-state index is 3.50. The molecule has 0 amide bonds. The van der Waals surface area contributed by atoms with Gasteiger partial charge in [-0.3, -0.25) is 0 Å². The van der Waals surface area contributed by atoms with Crippen LogP contribution in [0.3, 0.4) is 0 Å². The third-order valence-corrected chi connectivity index (χ3v) is 3.20. The predicted octanol–water partition coefficient (Wildman–Crippen LogP) is 3.96. The first kappa shape index (κ1) is 8.31. The summed E-state index contributed by atoms with van der Waals surface area (Å²) in [6.07, 6.45) is 2.85. The smallest absolute Gasteiger partial charge is 0.0178 e. The SMILES string of the molecule is CC(c1cccc(Br)c1)C1CC1. The molecule has 0 N–H and O–H groups in total. The molecule has 0 radical (unpaired) electrons. The van der Waals surface area contributed by atoms with E-state index in [9.17, 15) is 0 Å². The number of benzene rings is 1. The summed E-state index contributed by atoms with van der Waals surface area (Å²) in [5.74, 6) is 1.71. The van der Waals surface area contributed by atoms with E-state index >= 15 is 0 Å². The van der Waals surface area contributed by atoms with Crippen molar-refractivity contribution in [3.63, 3.8) is 0 Å². The Balaban J connectivity index is 2.20. The minimum Gasteiger partial charge on any atom is -0.0609 e. The minimum atomic E-state index is 0.752. The zero-order chi connectivity index (χ0) is 8.55. The molecule has 1 heteroatoms. The van der Waals surface area contributed by atoms with Gasteiger partial charge in [-0.05, 0) is 42.4 Å². The second-order valence-electron chi connectivity index (χ2n) is 3.68. The Morgan fingerprint density at radius 2 is 2.17 bits per heavy atom. The van der Waals surface area contributed by atoms with Crippen LogP contribution in [0.1, 0.15) is 31.2 Å². The van der Waals surface area contributed by atoms with Gasteiger partial charge in [-0.15, -0.1) is 0 Å². The van der Waals surface area contributed by atoms with E-state index in [2.05, 4.69) is 47.1 Å². The molecule has 1 aromatic rings. The van der Waals surface area contributed by atoms with Gasteiger partial charge in [-0.2, -0.15) is 0 Å². The van der Waals surface area contributed by atoms with E-state index in [0.29, 0.717) is 0 Å². The summed E-state index contributed by atoms with van der Waals surface area (Å²) < 4.78 is 1.20. The van der Waals surface area contributed by atoms with E-state index in [1.807, 2.05) is 0 Å². The zero-order valence-electron chi connectivity index (χ0n) is 7.26. The van der Waals surface area contributed by atoms with Crippen molar-refractivity contribution in [3.05, 3.63) is 34.3 Å². The summed E-state index contributed by atoms with van der Waals surface area (Å²) in [4.78, 5) is 0. The van der Waals surface area contributed by atoms with Crippen molar-refractivity contribution >= 4 is 15.9 Å². The van der Waals surface area contributed by atoms with Crippen LogP contribution in [0.25, 0.3) is 0 Å². The summed E-state index contributed by atoms with van der Waals surface area (Å²) >= 11 is 3.50. The summed E-state index contributed by atoms with van der Waals surface area (Å²) in [5.41, 5.74) is 1.48. The fraction of sp³-hybridized carbons (Fsp3) is 0.455. The molecule has 0 spiro atoms. The first-order chi connectivity index (χ1) is 5.77.